The number of piperidine rings is 1. The first-order valence-electron chi connectivity index (χ1n) is 13.7. The van der Waals surface area contributed by atoms with Crippen LogP contribution in [0.2, 0.25) is 0 Å². The fourth-order valence-electron chi connectivity index (χ4n) is 6.22. The van der Waals surface area contributed by atoms with Crippen LogP contribution in [0.3, 0.4) is 0 Å². The number of phenolic OH excluding ortho intramolecular Hbond substituents is 1. The maximum atomic E-state index is 13.7. The van der Waals surface area contributed by atoms with Crippen LogP contribution in [0.15, 0.2) is 109 Å². The van der Waals surface area contributed by atoms with E-state index in [-0.39, 0.29) is 23.7 Å². The predicted molar refractivity (Wildman–Crippen MR) is 152 cm³/mol. The lowest BCUT2D eigenvalue weighted by Crippen LogP contribution is -2.50. The van der Waals surface area contributed by atoms with Crippen molar-refractivity contribution in [3.05, 3.63) is 126 Å². The first-order valence-corrected chi connectivity index (χ1v) is 13.7. The monoisotopic (exact) mass is 533 g/mol. The quantitative estimate of drug-likeness (QED) is 0.312. The van der Waals surface area contributed by atoms with Crippen molar-refractivity contribution in [1.29, 1.82) is 0 Å². The van der Waals surface area contributed by atoms with Gasteiger partial charge in [-0.25, -0.2) is 4.79 Å². The zero-order valence-corrected chi connectivity index (χ0v) is 22.0. The van der Waals surface area contributed by atoms with Crippen molar-refractivity contribution >= 4 is 11.9 Å². The van der Waals surface area contributed by atoms with Crippen LogP contribution in [0.4, 0.5) is 0 Å². The smallest absolute Gasteiger partial charge is 0.347 e. The molecule has 202 valence electrons. The third-order valence-electron chi connectivity index (χ3n) is 8.17. The predicted octanol–water partition coefficient (Wildman–Crippen LogP) is 5.67. The van der Waals surface area contributed by atoms with E-state index < -0.39 is 17.7 Å². The first kappa shape index (κ1) is 25.8. The van der Waals surface area contributed by atoms with E-state index >= 15 is 0 Å². The summed E-state index contributed by atoms with van der Waals surface area (Å²) in [4.78, 5) is 29.3. The standard InChI is InChI=1S/C34H31NO5/c36-30-16-8-10-24(20-30)23-9-7-11-25(19-23)32(37)35-28-17-18-29(35)22-31(21-28)40-33(38)34(39,26-12-3-1-4-13-26)27-14-5-2-6-15-27/h1-16,19-20,28-29,31,36,39H,17-18,21-22H2/t28-,29+,31?. The van der Waals surface area contributed by atoms with E-state index in [0.717, 1.165) is 24.0 Å². The molecule has 3 atom stereocenters. The Labute approximate surface area is 233 Å². The summed E-state index contributed by atoms with van der Waals surface area (Å²) in [5, 5.41) is 21.6. The van der Waals surface area contributed by atoms with Crippen LogP contribution in [0.1, 0.15) is 47.2 Å². The molecule has 4 aromatic rings. The molecule has 4 aromatic carbocycles. The highest BCUT2D eigenvalue weighted by molar-refractivity contribution is 5.96. The first-order chi connectivity index (χ1) is 19.4. The number of rotatable bonds is 6. The van der Waals surface area contributed by atoms with Crippen molar-refractivity contribution in [3.8, 4) is 16.9 Å². The van der Waals surface area contributed by atoms with Gasteiger partial charge in [0.25, 0.3) is 5.91 Å². The van der Waals surface area contributed by atoms with Gasteiger partial charge in [-0.3, -0.25) is 4.79 Å². The molecule has 0 aliphatic carbocycles. The number of esters is 1. The number of phenols is 1. The molecule has 0 radical (unpaired) electrons. The zero-order chi connectivity index (χ0) is 27.7. The van der Waals surface area contributed by atoms with Crippen molar-refractivity contribution in [2.75, 3.05) is 0 Å². The van der Waals surface area contributed by atoms with Gasteiger partial charge in [-0.15, -0.1) is 0 Å². The number of benzene rings is 4. The fourth-order valence-corrected chi connectivity index (χ4v) is 6.22. The molecule has 2 bridgehead atoms. The van der Waals surface area contributed by atoms with Gasteiger partial charge in [0.1, 0.15) is 11.9 Å². The van der Waals surface area contributed by atoms with Gasteiger partial charge in [0, 0.05) is 30.5 Å². The maximum Gasteiger partial charge on any atom is 0.347 e. The van der Waals surface area contributed by atoms with E-state index in [1.165, 1.54) is 0 Å². The van der Waals surface area contributed by atoms with Crippen molar-refractivity contribution < 1.29 is 24.5 Å². The van der Waals surface area contributed by atoms with Gasteiger partial charge >= 0.3 is 5.97 Å². The number of carbonyl (C=O) groups is 2. The number of aliphatic hydroxyl groups is 1. The summed E-state index contributed by atoms with van der Waals surface area (Å²) in [6.45, 7) is 0. The second-order valence-electron chi connectivity index (χ2n) is 10.7. The molecule has 0 saturated carbocycles. The van der Waals surface area contributed by atoms with Crippen LogP contribution in [-0.2, 0) is 15.1 Å². The van der Waals surface area contributed by atoms with Crippen molar-refractivity contribution in [1.82, 2.24) is 4.90 Å². The highest BCUT2D eigenvalue weighted by atomic mass is 16.6. The summed E-state index contributed by atoms with van der Waals surface area (Å²) in [6.07, 6.45) is 2.35. The Morgan fingerprint density at radius 1 is 0.725 bits per heavy atom. The van der Waals surface area contributed by atoms with E-state index in [0.29, 0.717) is 29.5 Å². The molecule has 2 aliphatic heterocycles. The Morgan fingerprint density at radius 2 is 1.27 bits per heavy atom. The minimum Gasteiger partial charge on any atom is -0.508 e. The summed E-state index contributed by atoms with van der Waals surface area (Å²) < 4.78 is 6.02. The average Bonchev–Trinajstić information content (AvgIpc) is 3.26. The van der Waals surface area contributed by atoms with Gasteiger partial charge in [0.15, 0.2) is 0 Å². The van der Waals surface area contributed by atoms with Gasteiger partial charge in [-0.05, 0) is 59.4 Å². The molecular weight excluding hydrogens is 502 g/mol. The lowest BCUT2D eigenvalue weighted by atomic mass is 9.86. The summed E-state index contributed by atoms with van der Waals surface area (Å²) >= 11 is 0. The average molecular weight is 534 g/mol. The highest BCUT2D eigenvalue weighted by Gasteiger charge is 2.47. The Morgan fingerprint density at radius 3 is 1.85 bits per heavy atom. The molecule has 1 amide bonds. The van der Waals surface area contributed by atoms with E-state index in [1.54, 1.807) is 66.7 Å². The maximum absolute atomic E-state index is 13.7. The molecule has 2 N–H and O–H groups in total. The molecule has 0 spiro atoms. The molecule has 0 aromatic heterocycles. The Bertz CT molecular complexity index is 1470. The molecule has 40 heavy (non-hydrogen) atoms. The molecule has 6 rings (SSSR count). The van der Waals surface area contributed by atoms with Gasteiger partial charge in [0.2, 0.25) is 5.60 Å². The summed E-state index contributed by atoms with van der Waals surface area (Å²) in [5.74, 6) is -0.562. The lowest BCUT2D eigenvalue weighted by molar-refractivity contribution is -0.170. The second-order valence-corrected chi connectivity index (χ2v) is 10.7. The topological polar surface area (TPSA) is 87.1 Å². The van der Waals surface area contributed by atoms with E-state index in [2.05, 4.69) is 0 Å². The molecule has 2 fully saturated rings. The van der Waals surface area contributed by atoms with Crippen LogP contribution in [0.25, 0.3) is 11.1 Å². The minimum absolute atomic E-state index is 0.0376. The normalized spacial score (nSPS) is 20.2. The number of carbonyl (C=O) groups excluding carboxylic acids is 2. The van der Waals surface area contributed by atoms with Crippen LogP contribution in [-0.4, -0.2) is 45.2 Å². The van der Waals surface area contributed by atoms with Crippen LogP contribution in [0.5, 0.6) is 5.75 Å². The van der Waals surface area contributed by atoms with E-state index in [9.17, 15) is 19.8 Å². The summed E-state index contributed by atoms with van der Waals surface area (Å²) in [6, 6.07) is 32.1. The minimum atomic E-state index is -1.93. The van der Waals surface area contributed by atoms with Gasteiger partial charge in [-0.2, -0.15) is 0 Å². The van der Waals surface area contributed by atoms with Crippen molar-refractivity contribution in [2.24, 2.45) is 0 Å². The zero-order valence-electron chi connectivity index (χ0n) is 22.0. The molecule has 2 heterocycles. The summed E-state index contributed by atoms with van der Waals surface area (Å²) in [7, 11) is 0. The van der Waals surface area contributed by atoms with Crippen molar-refractivity contribution in [3.63, 3.8) is 0 Å². The number of hydrogen-bond acceptors (Lipinski definition) is 5. The van der Waals surface area contributed by atoms with Crippen LogP contribution < -0.4 is 0 Å². The third-order valence-corrected chi connectivity index (χ3v) is 8.17. The number of ether oxygens (including phenoxy) is 1. The Kier molecular flexibility index (Phi) is 6.86. The molecule has 1 unspecified atom stereocenters. The Hall–Kier alpha value is -4.42. The largest absolute Gasteiger partial charge is 0.508 e. The van der Waals surface area contributed by atoms with Crippen LogP contribution in [0, 0.1) is 0 Å². The highest BCUT2D eigenvalue weighted by Crippen LogP contribution is 2.40. The number of aromatic hydroxyl groups is 1. The molecule has 2 aliphatic rings. The summed E-state index contributed by atoms with van der Waals surface area (Å²) in [5.41, 5.74) is 1.27. The number of fused-ring (bicyclic) bond motifs is 2. The molecular formula is C34H31NO5. The third kappa shape index (κ3) is 4.75. The SMILES string of the molecule is O=C(c1cccc(-c2cccc(O)c2)c1)N1[C@@H]2CC[C@H]1CC(OC(=O)C(O)(c1ccccc1)c1ccccc1)C2. The molecule has 6 nitrogen and oxygen atoms in total. The number of hydrogen-bond donors (Lipinski definition) is 2. The van der Waals surface area contributed by atoms with Crippen LogP contribution >= 0.6 is 0 Å². The van der Waals surface area contributed by atoms with Gasteiger partial charge < -0.3 is 19.8 Å². The van der Waals surface area contributed by atoms with E-state index in [4.69, 9.17) is 4.74 Å². The van der Waals surface area contributed by atoms with Crippen molar-refractivity contribution in [2.45, 2.75) is 49.5 Å². The van der Waals surface area contributed by atoms with Gasteiger partial charge in [-0.1, -0.05) is 84.9 Å². The number of amides is 1. The number of nitrogens with zero attached hydrogens (tertiary/aromatic N) is 1. The molecule has 6 heteroatoms. The van der Waals surface area contributed by atoms with Gasteiger partial charge in [0.05, 0.1) is 0 Å². The fraction of sp³-hybridized carbons (Fsp3) is 0.235. The molecule has 2 saturated heterocycles. The Balaban J connectivity index is 1.20. The van der Waals surface area contributed by atoms with E-state index in [1.807, 2.05) is 47.4 Å². The lowest BCUT2D eigenvalue weighted by Gasteiger charge is -2.39. The second kappa shape index (κ2) is 10.6.